The van der Waals surface area contributed by atoms with Gasteiger partial charge in [0, 0.05) is 26.6 Å². The van der Waals surface area contributed by atoms with E-state index in [1.807, 2.05) is 30.3 Å². The highest BCUT2D eigenvalue weighted by molar-refractivity contribution is 5.98. The van der Waals surface area contributed by atoms with Crippen molar-refractivity contribution in [3.05, 3.63) is 35.9 Å². The molecule has 1 aromatic carbocycles. The minimum atomic E-state index is -0.995. The van der Waals surface area contributed by atoms with Crippen LogP contribution in [0.4, 0.5) is 0 Å². The largest absolute Gasteiger partial charge is 0.463 e. The number of benzene rings is 1. The van der Waals surface area contributed by atoms with Crippen molar-refractivity contribution in [1.82, 2.24) is 4.90 Å². The van der Waals surface area contributed by atoms with Crippen molar-refractivity contribution in [2.75, 3.05) is 32.8 Å². The van der Waals surface area contributed by atoms with E-state index in [0.29, 0.717) is 32.5 Å². The van der Waals surface area contributed by atoms with Crippen LogP contribution in [0, 0.1) is 5.92 Å². The van der Waals surface area contributed by atoms with Crippen molar-refractivity contribution in [3.8, 4) is 0 Å². The predicted octanol–water partition coefficient (Wildman–Crippen LogP) is 0.875. The molecule has 0 bridgehead atoms. The van der Waals surface area contributed by atoms with Gasteiger partial charge in [-0.05, 0) is 18.4 Å². The maximum Gasteiger partial charge on any atom is 0.320 e. The van der Waals surface area contributed by atoms with Crippen molar-refractivity contribution in [3.63, 3.8) is 0 Å². The number of amides is 1. The third-order valence-corrected chi connectivity index (χ3v) is 4.54. The number of hydrogen-bond acceptors (Lipinski definition) is 7. The zero-order chi connectivity index (χ0) is 20.4. The molecule has 0 saturated carbocycles. The monoisotopic (exact) mass is 392 g/mol. The number of esters is 2. The number of piperidine rings is 1. The molecule has 8 heteroatoms. The zero-order valence-electron chi connectivity index (χ0n) is 16.2. The van der Waals surface area contributed by atoms with E-state index in [0.717, 1.165) is 5.56 Å². The van der Waals surface area contributed by atoms with E-state index in [1.54, 1.807) is 4.90 Å². The van der Waals surface area contributed by atoms with E-state index >= 15 is 0 Å². The molecule has 1 fully saturated rings. The number of nitrogens with zero attached hydrogens (tertiary/aromatic N) is 1. The second-order valence-electron chi connectivity index (χ2n) is 6.62. The Morgan fingerprint density at radius 1 is 1.11 bits per heavy atom. The van der Waals surface area contributed by atoms with Crippen LogP contribution in [-0.4, -0.2) is 61.7 Å². The van der Waals surface area contributed by atoms with Crippen molar-refractivity contribution in [2.24, 2.45) is 11.7 Å². The molecule has 1 heterocycles. The molecule has 8 nitrogen and oxygen atoms in total. The van der Waals surface area contributed by atoms with E-state index < -0.39 is 11.9 Å². The molecule has 1 aliphatic heterocycles. The van der Waals surface area contributed by atoms with Gasteiger partial charge in [-0.15, -0.1) is 0 Å². The summed E-state index contributed by atoms with van der Waals surface area (Å²) in [7, 11) is 0. The Labute approximate surface area is 164 Å². The van der Waals surface area contributed by atoms with Gasteiger partial charge in [-0.3, -0.25) is 14.4 Å². The van der Waals surface area contributed by atoms with E-state index in [9.17, 15) is 14.4 Å². The second kappa shape index (κ2) is 11.4. The summed E-state index contributed by atoms with van der Waals surface area (Å²) in [6.07, 6.45) is 1.31. The van der Waals surface area contributed by atoms with Crippen LogP contribution in [0.1, 0.15) is 25.3 Å². The molecule has 2 rings (SSSR count). The number of ether oxygens (including phenoxy) is 3. The Bertz CT molecular complexity index is 643. The standard InChI is InChI=1S/C20H28N2O6/c1-15(23)26-11-12-27-17-7-9-22(10-8-17)19(24)18(13-21)20(25)28-14-16-5-3-2-4-6-16/h2-6,17-18H,7-14,21H2,1H3/t18-/m0/s1. The molecule has 0 aromatic heterocycles. The SMILES string of the molecule is CC(=O)OCCOC1CCN(C(=O)[C@H](CN)C(=O)OCc2ccccc2)CC1. The number of carbonyl (C=O) groups is 3. The smallest absolute Gasteiger partial charge is 0.320 e. The van der Waals surface area contributed by atoms with Crippen molar-refractivity contribution in [2.45, 2.75) is 32.5 Å². The number of likely N-dealkylation sites (tertiary alicyclic amines) is 1. The summed E-state index contributed by atoms with van der Waals surface area (Å²) in [4.78, 5) is 37.3. The summed E-state index contributed by atoms with van der Waals surface area (Å²) in [5, 5.41) is 0. The lowest BCUT2D eigenvalue weighted by molar-refractivity contribution is -0.157. The topological polar surface area (TPSA) is 108 Å². The molecule has 0 spiro atoms. The number of nitrogens with two attached hydrogens (primary N) is 1. The van der Waals surface area contributed by atoms with Gasteiger partial charge in [0.15, 0.2) is 0 Å². The van der Waals surface area contributed by atoms with E-state index in [4.69, 9.17) is 19.9 Å². The molecular formula is C20H28N2O6. The van der Waals surface area contributed by atoms with Gasteiger partial charge in [0.1, 0.15) is 19.1 Å². The van der Waals surface area contributed by atoms with Gasteiger partial charge in [-0.2, -0.15) is 0 Å². The van der Waals surface area contributed by atoms with Gasteiger partial charge in [-0.25, -0.2) is 0 Å². The molecule has 0 unspecified atom stereocenters. The summed E-state index contributed by atoms with van der Waals surface area (Å²) >= 11 is 0. The average Bonchev–Trinajstić information content (AvgIpc) is 2.71. The van der Waals surface area contributed by atoms with Crippen LogP contribution in [0.2, 0.25) is 0 Å². The highest BCUT2D eigenvalue weighted by Crippen LogP contribution is 2.17. The van der Waals surface area contributed by atoms with Gasteiger partial charge in [0.2, 0.25) is 5.91 Å². The number of carbonyl (C=O) groups excluding carboxylic acids is 3. The Kier molecular flexibility index (Phi) is 8.90. The van der Waals surface area contributed by atoms with Crippen LogP contribution in [0.15, 0.2) is 30.3 Å². The molecule has 1 aromatic rings. The summed E-state index contributed by atoms with van der Waals surface area (Å²) in [5.41, 5.74) is 6.52. The summed E-state index contributed by atoms with van der Waals surface area (Å²) < 4.78 is 15.7. The molecule has 0 radical (unpaired) electrons. The predicted molar refractivity (Wildman–Crippen MR) is 101 cm³/mol. The minimum Gasteiger partial charge on any atom is -0.463 e. The molecule has 1 amide bonds. The van der Waals surface area contributed by atoms with Crippen LogP contribution in [0.5, 0.6) is 0 Å². The zero-order valence-corrected chi connectivity index (χ0v) is 16.2. The van der Waals surface area contributed by atoms with Gasteiger partial charge < -0.3 is 24.8 Å². The molecular weight excluding hydrogens is 364 g/mol. The molecule has 154 valence electrons. The van der Waals surface area contributed by atoms with Crippen molar-refractivity contribution in [1.29, 1.82) is 0 Å². The third-order valence-electron chi connectivity index (χ3n) is 4.54. The van der Waals surface area contributed by atoms with Crippen molar-refractivity contribution >= 4 is 17.8 Å². The van der Waals surface area contributed by atoms with Crippen LogP contribution < -0.4 is 5.73 Å². The van der Waals surface area contributed by atoms with Crippen LogP contribution in [0.3, 0.4) is 0 Å². The second-order valence-corrected chi connectivity index (χ2v) is 6.62. The first kappa shape index (κ1) is 21.8. The lowest BCUT2D eigenvalue weighted by atomic mass is 10.0. The molecule has 1 atom stereocenters. The minimum absolute atomic E-state index is 0.000895. The van der Waals surface area contributed by atoms with E-state index in [1.165, 1.54) is 6.92 Å². The molecule has 1 aliphatic rings. The highest BCUT2D eigenvalue weighted by Gasteiger charge is 2.33. The number of rotatable bonds is 9. The van der Waals surface area contributed by atoms with E-state index in [-0.39, 0.29) is 37.7 Å². The summed E-state index contributed by atoms with van der Waals surface area (Å²) in [6, 6.07) is 9.28. The highest BCUT2D eigenvalue weighted by atomic mass is 16.6. The lowest BCUT2D eigenvalue weighted by Crippen LogP contribution is -2.47. The normalized spacial score (nSPS) is 15.7. The van der Waals surface area contributed by atoms with Crippen molar-refractivity contribution < 1.29 is 28.6 Å². The Hall–Kier alpha value is -2.45. The molecule has 28 heavy (non-hydrogen) atoms. The maximum absolute atomic E-state index is 12.7. The van der Waals surface area contributed by atoms with Gasteiger partial charge in [-0.1, -0.05) is 30.3 Å². The molecule has 0 aliphatic carbocycles. The van der Waals surface area contributed by atoms with E-state index in [2.05, 4.69) is 0 Å². The van der Waals surface area contributed by atoms with Crippen LogP contribution >= 0.6 is 0 Å². The van der Waals surface area contributed by atoms with Crippen LogP contribution in [-0.2, 0) is 35.2 Å². The van der Waals surface area contributed by atoms with Gasteiger partial charge in [0.25, 0.3) is 0 Å². The molecule has 1 saturated heterocycles. The Morgan fingerprint density at radius 3 is 2.39 bits per heavy atom. The fourth-order valence-electron chi connectivity index (χ4n) is 2.99. The lowest BCUT2D eigenvalue weighted by Gasteiger charge is -2.33. The maximum atomic E-state index is 12.7. The van der Waals surface area contributed by atoms with Gasteiger partial charge >= 0.3 is 11.9 Å². The summed E-state index contributed by atoms with van der Waals surface area (Å²) in [6.45, 7) is 2.89. The van der Waals surface area contributed by atoms with Crippen LogP contribution in [0.25, 0.3) is 0 Å². The molecule has 2 N–H and O–H groups in total. The first-order valence-electron chi connectivity index (χ1n) is 9.45. The number of hydrogen-bond donors (Lipinski definition) is 1. The van der Waals surface area contributed by atoms with Gasteiger partial charge in [0.05, 0.1) is 12.7 Å². The first-order chi connectivity index (χ1) is 13.5. The third kappa shape index (κ3) is 6.94. The fraction of sp³-hybridized carbons (Fsp3) is 0.550. The fourth-order valence-corrected chi connectivity index (χ4v) is 2.99. The first-order valence-corrected chi connectivity index (χ1v) is 9.45. The quantitative estimate of drug-likeness (QED) is 0.377. The average molecular weight is 392 g/mol. The Balaban J connectivity index is 1.75. The summed E-state index contributed by atoms with van der Waals surface area (Å²) in [5.74, 6) is -2.24. The Morgan fingerprint density at radius 2 is 1.79 bits per heavy atom.